The second-order valence-electron chi connectivity index (χ2n) is 7.28. The molecule has 2 N–H and O–H groups in total. The predicted molar refractivity (Wildman–Crippen MR) is 106 cm³/mol. The second kappa shape index (κ2) is 7.94. The number of aryl methyl sites for hydroxylation is 4. The molecule has 6 nitrogen and oxygen atoms in total. The summed E-state index contributed by atoms with van der Waals surface area (Å²) < 4.78 is 26.5. The molecule has 26 heavy (non-hydrogen) atoms. The van der Waals surface area contributed by atoms with Gasteiger partial charge >= 0.3 is 0 Å². The van der Waals surface area contributed by atoms with E-state index in [9.17, 15) is 8.42 Å². The van der Waals surface area contributed by atoms with Crippen LogP contribution in [0.1, 0.15) is 62.9 Å². The molecule has 0 bridgehead atoms. The third-order valence-electron chi connectivity index (χ3n) is 5.18. The van der Waals surface area contributed by atoms with Crippen molar-refractivity contribution in [2.75, 3.05) is 17.2 Å². The Bertz CT molecular complexity index is 887. The number of nitrogens with two attached hydrogens (primary N) is 1. The van der Waals surface area contributed by atoms with Gasteiger partial charge in [-0.25, -0.2) is 13.4 Å². The minimum absolute atomic E-state index is 0.171. The summed E-state index contributed by atoms with van der Waals surface area (Å²) >= 11 is 0. The molecule has 1 aliphatic rings. The zero-order valence-electron chi connectivity index (χ0n) is 15.9. The van der Waals surface area contributed by atoms with Crippen LogP contribution in [0.2, 0.25) is 0 Å². The van der Waals surface area contributed by atoms with Gasteiger partial charge in [-0.1, -0.05) is 20.3 Å². The predicted octanol–water partition coefficient (Wildman–Crippen LogP) is 3.06. The molecule has 0 radical (unpaired) electrons. The summed E-state index contributed by atoms with van der Waals surface area (Å²) in [7, 11) is -3.03. The fourth-order valence-corrected chi connectivity index (χ4v) is 5.22. The van der Waals surface area contributed by atoms with Gasteiger partial charge < -0.3 is 5.73 Å². The van der Waals surface area contributed by atoms with Crippen molar-refractivity contribution < 1.29 is 8.42 Å². The Morgan fingerprint density at radius 1 is 1.12 bits per heavy atom. The molecule has 0 aliphatic heterocycles. The fourth-order valence-electron chi connectivity index (χ4n) is 3.89. The van der Waals surface area contributed by atoms with Gasteiger partial charge in [0.15, 0.2) is 15.7 Å². The van der Waals surface area contributed by atoms with E-state index in [1.54, 1.807) is 0 Å². The normalized spacial score (nSPS) is 14.7. The molecule has 0 spiro atoms. The van der Waals surface area contributed by atoms with E-state index in [-0.39, 0.29) is 11.5 Å². The van der Waals surface area contributed by atoms with Crippen LogP contribution in [-0.4, -0.2) is 34.7 Å². The molecule has 0 amide bonds. The van der Waals surface area contributed by atoms with Gasteiger partial charge in [-0.3, -0.25) is 4.68 Å². The summed E-state index contributed by atoms with van der Waals surface area (Å²) in [5.41, 5.74) is 10.3. The van der Waals surface area contributed by atoms with Crippen molar-refractivity contribution in [3.63, 3.8) is 0 Å². The van der Waals surface area contributed by atoms with E-state index in [1.165, 1.54) is 5.56 Å². The Kier molecular flexibility index (Phi) is 5.85. The van der Waals surface area contributed by atoms with E-state index in [0.717, 1.165) is 67.4 Å². The van der Waals surface area contributed by atoms with Crippen LogP contribution in [0, 0.1) is 0 Å². The summed E-state index contributed by atoms with van der Waals surface area (Å²) in [5, 5.41) is 5.82. The average molecular weight is 379 g/mol. The van der Waals surface area contributed by atoms with Crippen molar-refractivity contribution in [3.05, 3.63) is 17.0 Å². The molecule has 0 unspecified atom stereocenters. The first-order valence-electron chi connectivity index (χ1n) is 9.83. The van der Waals surface area contributed by atoms with Crippen LogP contribution in [0.3, 0.4) is 0 Å². The molecule has 7 heteroatoms. The number of pyridine rings is 1. The lowest BCUT2D eigenvalue weighted by atomic mass is 9.92. The maximum atomic E-state index is 12.3. The summed E-state index contributed by atoms with van der Waals surface area (Å²) in [6.07, 6.45) is 7.43. The van der Waals surface area contributed by atoms with E-state index in [4.69, 9.17) is 10.8 Å². The molecule has 2 aromatic heterocycles. The Labute approximate surface area is 156 Å². The minimum Gasteiger partial charge on any atom is -0.382 e. The number of anilines is 1. The Balaban J connectivity index is 2.08. The van der Waals surface area contributed by atoms with Crippen LogP contribution in [0.5, 0.6) is 0 Å². The van der Waals surface area contributed by atoms with E-state index in [0.29, 0.717) is 18.7 Å². The second-order valence-corrected chi connectivity index (χ2v) is 9.58. The third kappa shape index (κ3) is 3.87. The number of unbranched alkanes of at least 4 members (excludes halogenated alkanes) is 1. The van der Waals surface area contributed by atoms with Crippen LogP contribution in [-0.2, 0) is 35.6 Å². The van der Waals surface area contributed by atoms with Crippen LogP contribution in [0.25, 0.3) is 10.9 Å². The van der Waals surface area contributed by atoms with Gasteiger partial charge in [0, 0.05) is 35.5 Å². The number of aromatic nitrogens is 3. The Morgan fingerprint density at radius 2 is 1.88 bits per heavy atom. The van der Waals surface area contributed by atoms with Gasteiger partial charge in [0.05, 0.1) is 5.75 Å². The molecule has 2 aromatic rings. The largest absolute Gasteiger partial charge is 0.382 e. The molecular weight excluding hydrogens is 348 g/mol. The van der Waals surface area contributed by atoms with Gasteiger partial charge in [-0.2, -0.15) is 5.10 Å². The smallest absolute Gasteiger partial charge is 0.152 e. The minimum atomic E-state index is -3.03. The van der Waals surface area contributed by atoms with Gasteiger partial charge in [0.25, 0.3) is 0 Å². The van der Waals surface area contributed by atoms with Crippen LogP contribution in [0.4, 0.5) is 5.82 Å². The van der Waals surface area contributed by atoms with Crippen molar-refractivity contribution in [1.29, 1.82) is 0 Å². The van der Waals surface area contributed by atoms with Crippen molar-refractivity contribution in [2.24, 2.45) is 0 Å². The lowest BCUT2D eigenvalue weighted by Gasteiger charge is -2.17. The van der Waals surface area contributed by atoms with Gasteiger partial charge in [0.1, 0.15) is 5.52 Å². The number of rotatable bonds is 8. The molecule has 0 atom stereocenters. The highest BCUT2D eigenvalue weighted by Gasteiger charge is 2.24. The van der Waals surface area contributed by atoms with E-state index < -0.39 is 9.84 Å². The zero-order chi connectivity index (χ0) is 18.7. The molecule has 0 aromatic carbocycles. The molecule has 0 saturated carbocycles. The maximum Gasteiger partial charge on any atom is 0.152 e. The first-order valence-corrected chi connectivity index (χ1v) is 11.7. The first-order chi connectivity index (χ1) is 12.5. The van der Waals surface area contributed by atoms with Gasteiger partial charge in [0.2, 0.25) is 0 Å². The number of hydrogen-bond acceptors (Lipinski definition) is 5. The molecule has 1 aliphatic carbocycles. The lowest BCUT2D eigenvalue weighted by Crippen LogP contribution is -2.16. The SMILES string of the molecule is CCCCn1nc2c(N)nc3c(c2c1CCS(=O)(=O)CCC)CCCC3. The fraction of sp³-hybridized carbons (Fsp3) is 0.684. The average Bonchev–Trinajstić information content (AvgIpc) is 2.98. The zero-order valence-corrected chi connectivity index (χ0v) is 16.7. The highest BCUT2D eigenvalue weighted by molar-refractivity contribution is 7.91. The third-order valence-corrected chi connectivity index (χ3v) is 7.04. The van der Waals surface area contributed by atoms with Crippen LogP contribution >= 0.6 is 0 Å². The monoisotopic (exact) mass is 378 g/mol. The summed E-state index contributed by atoms with van der Waals surface area (Å²) in [6.45, 7) is 4.84. The number of sulfone groups is 1. The quantitative estimate of drug-likeness (QED) is 0.762. The standard InChI is InChI=1S/C19H30N4O2S/c1-3-5-11-23-16(10-13-26(24,25)12-4-2)17-14-8-6-7-9-15(14)21-19(20)18(17)22-23/h3-13H2,1-2H3,(H2,20,21). The summed E-state index contributed by atoms with van der Waals surface area (Å²) in [4.78, 5) is 4.60. The van der Waals surface area contributed by atoms with E-state index in [2.05, 4.69) is 11.9 Å². The van der Waals surface area contributed by atoms with Crippen molar-refractivity contribution >= 4 is 26.6 Å². The first kappa shape index (κ1) is 19.1. The van der Waals surface area contributed by atoms with Gasteiger partial charge in [-0.05, 0) is 44.1 Å². The van der Waals surface area contributed by atoms with Gasteiger partial charge in [-0.15, -0.1) is 0 Å². The number of nitrogen functional groups attached to an aromatic ring is 1. The topological polar surface area (TPSA) is 90.9 Å². The molecular formula is C19H30N4O2S. The lowest BCUT2D eigenvalue weighted by molar-refractivity contribution is 0.553. The number of fused-ring (bicyclic) bond motifs is 3. The highest BCUT2D eigenvalue weighted by atomic mass is 32.2. The number of hydrogen-bond donors (Lipinski definition) is 1. The van der Waals surface area contributed by atoms with Crippen molar-refractivity contribution in [3.8, 4) is 0 Å². The van der Waals surface area contributed by atoms with E-state index in [1.807, 2.05) is 11.6 Å². The Hall–Kier alpha value is -1.63. The summed E-state index contributed by atoms with van der Waals surface area (Å²) in [6, 6.07) is 0. The molecule has 2 heterocycles. The van der Waals surface area contributed by atoms with Crippen molar-refractivity contribution in [2.45, 2.75) is 71.8 Å². The maximum absolute atomic E-state index is 12.3. The van der Waals surface area contributed by atoms with E-state index >= 15 is 0 Å². The highest BCUT2D eigenvalue weighted by Crippen LogP contribution is 2.33. The molecule has 0 saturated heterocycles. The summed E-state index contributed by atoms with van der Waals surface area (Å²) in [5.74, 6) is 0.897. The van der Waals surface area contributed by atoms with Crippen LogP contribution in [0.15, 0.2) is 0 Å². The number of nitrogens with zero attached hydrogens (tertiary/aromatic N) is 3. The van der Waals surface area contributed by atoms with Crippen molar-refractivity contribution in [1.82, 2.24) is 14.8 Å². The van der Waals surface area contributed by atoms with Crippen LogP contribution < -0.4 is 5.73 Å². The Morgan fingerprint density at radius 3 is 2.62 bits per heavy atom. The molecule has 144 valence electrons. The molecule has 3 rings (SSSR count). The molecule has 0 fully saturated rings.